The van der Waals surface area contributed by atoms with Gasteiger partial charge in [-0.15, -0.1) is 0 Å². The van der Waals surface area contributed by atoms with E-state index in [-0.39, 0.29) is 0 Å². The van der Waals surface area contributed by atoms with Gasteiger partial charge in [-0.25, -0.2) is 0 Å². The summed E-state index contributed by atoms with van der Waals surface area (Å²) in [7, 11) is 0. The molecule has 4 nitrogen and oxygen atoms in total. The van der Waals surface area contributed by atoms with E-state index in [0.29, 0.717) is 13.2 Å². The first-order valence-electron chi connectivity index (χ1n) is 3.75. The zero-order chi connectivity index (χ0) is 8.91. The lowest BCUT2D eigenvalue weighted by Crippen LogP contribution is -2.46. The maximum atomic E-state index is 9.39. The summed E-state index contributed by atoms with van der Waals surface area (Å²) in [6, 6.07) is 0. The molecule has 1 atom stereocenters. The Morgan fingerprint density at radius 2 is 1.64 bits per heavy atom. The fourth-order valence-electron chi connectivity index (χ4n) is 0.696. The van der Waals surface area contributed by atoms with E-state index < -0.39 is 12.1 Å². The molecule has 0 aliphatic carbocycles. The van der Waals surface area contributed by atoms with Gasteiger partial charge in [0.2, 0.25) is 0 Å². The third kappa shape index (κ3) is 3.16. The van der Waals surface area contributed by atoms with E-state index in [4.69, 9.17) is 14.6 Å². The van der Waals surface area contributed by atoms with Crippen LogP contribution in [0.15, 0.2) is 0 Å². The van der Waals surface area contributed by atoms with E-state index in [2.05, 4.69) is 0 Å². The summed E-state index contributed by atoms with van der Waals surface area (Å²) in [5, 5.41) is 18.4. The van der Waals surface area contributed by atoms with Crippen molar-refractivity contribution in [2.75, 3.05) is 13.2 Å². The molecule has 0 aliphatic rings. The maximum Gasteiger partial charge on any atom is 0.307 e. The Morgan fingerprint density at radius 3 is 1.82 bits per heavy atom. The Labute approximate surface area is 66.7 Å². The fourth-order valence-corrected chi connectivity index (χ4v) is 0.696. The topological polar surface area (TPSA) is 58.9 Å². The molecule has 0 heterocycles. The molecule has 0 fully saturated rings. The van der Waals surface area contributed by atoms with Gasteiger partial charge in [0.15, 0.2) is 0 Å². The highest BCUT2D eigenvalue weighted by atomic mass is 16.8. The number of hydrogen-bond acceptors (Lipinski definition) is 4. The van der Waals surface area contributed by atoms with E-state index in [9.17, 15) is 5.11 Å². The molecule has 0 aromatic rings. The quantitative estimate of drug-likeness (QED) is 0.565. The summed E-state index contributed by atoms with van der Waals surface area (Å²) in [6.07, 6.45) is -1.05. The normalized spacial score (nSPS) is 15.0. The van der Waals surface area contributed by atoms with Gasteiger partial charge in [-0.05, 0) is 20.8 Å². The van der Waals surface area contributed by atoms with E-state index in [1.54, 1.807) is 13.8 Å². The first-order valence-corrected chi connectivity index (χ1v) is 3.75. The SMILES string of the molecule is CCOC(O)(OCC)C(C)O. The molecule has 0 amide bonds. The molecule has 0 spiro atoms. The van der Waals surface area contributed by atoms with Crippen LogP contribution < -0.4 is 0 Å². The van der Waals surface area contributed by atoms with E-state index >= 15 is 0 Å². The maximum absolute atomic E-state index is 9.39. The number of rotatable bonds is 5. The molecule has 1 unspecified atom stereocenters. The molecular formula is C7H16O4. The predicted molar refractivity (Wildman–Crippen MR) is 39.9 cm³/mol. The van der Waals surface area contributed by atoms with Gasteiger partial charge in [0.1, 0.15) is 6.10 Å². The van der Waals surface area contributed by atoms with Crippen LogP contribution in [-0.4, -0.2) is 35.5 Å². The molecule has 0 aromatic carbocycles. The molecule has 0 aromatic heterocycles. The van der Waals surface area contributed by atoms with Crippen LogP contribution in [0.25, 0.3) is 0 Å². The highest BCUT2D eigenvalue weighted by Gasteiger charge is 2.34. The Balaban J connectivity index is 4.01. The molecule has 0 saturated heterocycles. The molecular weight excluding hydrogens is 148 g/mol. The smallest absolute Gasteiger partial charge is 0.307 e. The molecule has 0 radical (unpaired) electrons. The zero-order valence-corrected chi connectivity index (χ0v) is 7.20. The van der Waals surface area contributed by atoms with Crippen LogP contribution in [0.4, 0.5) is 0 Å². The molecule has 68 valence electrons. The first kappa shape index (κ1) is 10.8. The number of aliphatic hydroxyl groups excluding tert-OH is 1. The Bertz CT molecular complexity index is 96.6. The minimum Gasteiger partial charge on any atom is -0.385 e. The molecule has 0 bridgehead atoms. The predicted octanol–water partition coefficient (Wildman–Crippen LogP) is 0.0863. The minimum absolute atomic E-state index is 0.293. The van der Waals surface area contributed by atoms with Crippen molar-refractivity contribution in [1.29, 1.82) is 0 Å². The third-order valence-electron chi connectivity index (χ3n) is 1.23. The van der Waals surface area contributed by atoms with Crippen LogP contribution in [-0.2, 0) is 9.47 Å². The number of hydrogen-bond donors (Lipinski definition) is 2. The lowest BCUT2D eigenvalue weighted by atomic mass is 10.3. The van der Waals surface area contributed by atoms with Gasteiger partial charge in [0, 0.05) is 13.2 Å². The van der Waals surface area contributed by atoms with E-state index in [1.165, 1.54) is 6.92 Å². The third-order valence-corrected chi connectivity index (χ3v) is 1.23. The average Bonchev–Trinajstić information content (AvgIpc) is 1.88. The minimum atomic E-state index is -1.84. The summed E-state index contributed by atoms with van der Waals surface area (Å²) in [6.45, 7) is 5.42. The van der Waals surface area contributed by atoms with Gasteiger partial charge in [-0.2, -0.15) is 0 Å². The second-order valence-corrected chi connectivity index (χ2v) is 2.17. The van der Waals surface area contributed by atoms with Gasteiger partial charge >= 0.3 is 5.97 Å². The fraction of sp³-hybridized carbons (Fsp3) is 1.00. The van der Waals surface area contributed by atoms with Crippen molar-refractivity contribution in [2.24, 2.45) is 0 Å². The summed E-state index contributed by atoms with van der Waals surface area (Å²) in [4.78, 5) is 0. The zero-order valence-electron chi connectivity index (χ0n) is 7.20. The van der Waals surface area contributed by atoms with Crippen molar-refractivity contribution in [2.45, 2.75) is 32.8 Å². The van der Waals surface area contributed by atoms with Crippen molar-refractivity contribution in [3.63, 3.8) is 0 Å². The standard InChI is InChI=1S/C7H16O4/c1-4-10-7(9,6(3)8)11-5-2/h6,8-9H,4-5H2,1-3H3. The average molecular weight is 164 g/mol. The van der Waals surface area contributed by atoms with Crippen molar-refractivity contribution < 1.29 is 19.7 Å². The Kier molecular flexibility index (Phi) is 4.60. The summed E-state index contributed by atoms with van der Waals surface area (Å²) in [5.74, 6) is -1.84. The van der Waals surface area contributed by atoms with Gasteiger partial charge < -0.3 is 19.7 Å². The van der Waals surface area contributed by atoms with Gasteiger partial charge in [-0.1, -0.05) is 0 Å². The lowest BCUT2D eigenvalue weighted by molar-refractivity contribution is -0.390. The van der Waals surface area contributed by atoms with Crippen LogP contribution in [0.3, 0.4) is 0 Å². The monoisotopic (exact) mass is 164 g/mol. The van der Waals surface area contributed by atoms with Gasteiger partial charge in [0.25, 0.3) is 0 Å². The van der Waals surface area contributed by atoms with Crippen LogP contribution in [0.2, 0.25) is 0 Å². The Hall–Kier alpha value is -0.160. The van der Waals surface area contributed by atoms with Gasteiger partial charge in [-0.3, -0.25) is 0 Å². The second kappa shape index (κ2) is 4.66. The van der Waals surface area contributed by atoms with Crippen molar-refractivity contribution in [1.82, 2.24) is 0 Å². The van der Waals surface area contributed by atoms with Crippen molar-refractivity contribution >= 4 is 0 Å². The Morgan fingerprint density at radius 1 is 1.27 bits per heavy atom. The highest BCUT2D eigenvalue weighted by Crippen LogP contribution is 2.13. The van der Waals surface area contributed by atoms with E-state index in [0.717, 1.165) is 0 Å². The van der Waals surface area contributed by atoms with Gasteiger partial charge in [0.05, 0.1) is 0 Å². The number of ether oxygens (including phenoxy) is 2. The summed E-state index contributed by atoms with van der Waals surface area (Å²) in [5.41, 5.74) is 0. The summed E-state index contributed by atoms with van der Waals surface area (Å²) >= 11 is 0. The molecule has 0 saturated carbocycles. The molecule has 11 heavy (non-hydrogen) atoms. The van der Waals surface area contributed by atoms with Crippen LogP contribution in [0.5, 0.6) is 0 Å². The second-order valence-electron chi connectivity index (χ2n) is 2.17. The van der Waals surface area contributed by atoms with Crippen LogP contribution in [0, 0.1) is 0 Å². The largest absolute Gasteiger partial charge is 0.385 e. The first-order chi connectivity index (χ1) is 5.06. The molecule has 4 heteroatoms. The van der Waals surface area contributed by atoms with E-state index in [1.807, 2.05) is 0 Å². The number of aliphatic hydroxyl groups is 2. The summed E-state index contributed by atoms with van der Waals surface area (Å²) < 4.78 is 9.63. The van der Waals surface area contributed by atoms with Crippen molar-refractivity contribution in [3.05, 3.63) is 0 Å². The van der Waals surface area contributed by atoms with Crippen LogP contribution >= 0.6 is 0 Å². The molecule has 0 rings (SSSR count). The highest BCUT2D eigenvalue weighted by molar-refractivity contribution is 4.60. The van der Waals surface area contributed by atoms with Crippen LogP contribution in [0.1, 0.15) is 20.8 Å². The lowest BCUT2D eigenvalue weighted by Gasteiger charge is -2.29. The van der Waals surface area contributed by atoms with Crippen molar-refractivity contribution in [3.8, 4) is 0 Å². The molecule has 0 aliphatic heterocycles. The molecule has 2 N–H and O–H groups in total.